The van der Waals surface area contributed by atoms with Crippen molar-refractivity contribution in [3.05, 3.63) is 29.5 Å². The lowest BCUT2D eigenvalue weighted by atomic mass is 9.96. The zero-order valence-corrected chi connectivity index (χ0v) is 25.1. The highest BCUT2D eigenvalue weighted by molar-refractivity contribution is 8.01. The maximum Gasteiger partial charge on any atom is 0.408 e. The number of fused-ring (bicyclic) bond motifs is 2. The number of nitrogens with zero attached hydrogens (tertiary/aromatic N) is 6. The predicted molar refractivity (Wildman–Crippen MR) is 157 cm³/mol. The van der Waals surface area contributed by atoms with Crippen LogP contribution in [0, 0.1) is 5.92 Å². The molecule has 40 heavy (non-hydrogen) atoms. The van der Waals surface area contributed by atoms with Crippen LogP contribution in [0.25, 0.3) is 21.4 Å². The summed E-state index contributed by atoms with van der Waals surface area (Å²) >= 11 is 9.34. The van der Waals surface area contributed by atoms with Crippen LogP contribution in [0.4, 0.5) is 10.6 Å². The molecule has 4 aromatic rings. The van der Waals surface area contributed by atoms with Crippen LogP contribution in [0.1, 0.15) is 40.5 Å². The molecule has 1 fully saturated rings. The Morgan fingerprint density at radius 2 is 2.00 bits per heavy atom. The van der Waals surface area contributed by atoms with Crippen molar-refractivity contribution in [1.82, 2.24) is 34.7 Å². The Morgan fingerprint density at radius 3 is 2.70 bits per heavy atom. The van der Waals surface area contributed by atoms with Crippen molar-refractivity contribution < 1.29 is 14.3 Å². The summed E-state index contributed by atoms with van der Waals surface area (Å²) in [6.45, 7) is 8.87. The molecule has 14 heteroatoms. The van der Waals surface area contributed by atoms with Crippen molar-refractivity contribution in [3.8, 4) is 0 Å². The molecule has 3 N–H and O–H groups in total. The fourth-order valence-corrected chi connectivity index (χ4v) is 6.94. The average Bonchev–Trinajstić information content (AvgIpc) is 3.46. The maximum atomic E-state index is 13.0. The molecule has 3 aromatic heterocycles. The molecular weight excluding hydrogens is 572 g/mol. The highest BCUT2D eigenvalue weighted by Crippen LogP contribution is 2.38. The number of piperidine rings is 1. The average molecular weight is 603 g/mol. The highest BCUT2D eigenvalue weighted by atomic mass is 35.5. The van der Waals surface area contributed by atoms with Crippen molar-refractivity contribution in [2.24, 2.45) is 5.92 Å². The third-order valence-corrected chi connectivity index (χ3v) is 9.11. The van der Waals surface area contributed by atoms with Gasteiger partial charge in [0.2, 0.25) is 5.91 Å². The van der Waals surface area contributed by atoms with Crippen molar-refractivity contribution in [2.45, 2.75) is 68.2 Å². The minimum atomic E-state index is -0.672. The minimum Gasteiger partial charge on any atom is -0.444 e. The van der Waals surface area contributed by atoms with Gasteiger partial charge in [0.15, 0.2) is 26.5 Å². The summed E-state index contributed by atoms with van der Waals surface area (Å²) in [4.78, 5) is 45.0. The summed E-state index contributed by atoms with van der Waals surface area (Å²) in [5.74, 6) is 0.490. The fraction of sp³-hybridized carbons (Fsp3) is 0.462. The number of likely N-dealkylation sites (tertiary alicyclic amines) is 1. The summed E-state index contributed by atoms with van der Waals surface area (Å²) in [6, 6.07) is 5.00. The van der Waals surface area contributed by atoms with E-state index in [1.54, 1.807) is 32.6 Å². The first-order chi connectivity index (χ1) is 19.0. The third-order valence-electron chi connectivity index (χ3n) is 6.52. The molecule has 4 heterocycles. The lowest BCUT2D eigenvalue weighted by Gasteiger charge is -2.34. The normalized spacial score (nSPS) is 15.5. The monoisotopic (exact) mass is 602 g/mol. The molecule has 0 bridgehead atoms. The quantitative estimate of drug-likeness (QED) is 0.313. The number of amides is 2. The number of alkyl carbamates (subject to hydrolysis) is 1. The number of anilines is 1. The molecule has 0 unspecified atom stereocenters. The molecule has 5 rings (SSSR count). The number of carbonyl (C=O) groups is 2. The van der Waals surface area contributed by atoms with Crippen LogP contribution in [0.3, 0.4) is 0 Å². The van der Waals surface area contributed by atoms with Gasteiger partial charge in [0, 0.05) is 19.6 Å². The van der Waals surface area contributed by atoms with E-state index >= 15 is 0 Å². The number of hydrogen-bond acceptors (Lipinski definition) is 10. The number of thiazole rings is 1. The van der Waals surface area contributed by atoms with Crippen molar-refractivity contribution in [2.75, 3.05) is 18.8 Å². The largest absolute Gasteiger partial charge is 0.444 e. The zero-order valence-electron chi connectivity index (χ0n) is 22.7. The first-order valence-electron chi connectivity index (χ1n) is 13.0. The number of nitrogens with two attached hydrogens (primary N) is 1. The van der Waals surface area contributed by atoms with Crippen LogP contribution in [-0.2, 0) is 16.1 Å². The van der Waals surface area contributed by atoms with E-state index in [2.05, 4.69) is 19.9 Å². The summed E-state index contributed by atoms with van der Waals surface area (Å²) in [7, 11) is 0. The van der Waals surface area contributed by atoms with Crippen LogP contribution < -0.4 is 11.1 Å². The summed E-state index contributed by atoms with van der Waals surface area (Å²) in [5, 5.41) is 4.04. The lowest BCUT2D eigenvalue weighted by molar-refractivity contribution is -0.134. The molecule has 11 nitrogen and oxygen atoms in total. The Morgan fingerprint density at radius 1 is 1.25 bits per heavy atom. The topological polar surface area (TPSA) is 141 Å². The van der Waals surface area contributed by atoms with Crippen molar-refractivity contribution in [3.63, 3.8) is 0 Å². The van der Waals surface area contributed by atoms with E-state index < -0.39 is 17.7 Å². The van der Waals surface area contributed by atoms with Gasteiger partial charge in [-0.2, -0.15) is 0 Å². The smallest absolute Gasteiger partial charge is 0.408 e. The van der Waals surface area contributed by atoms with Gasteiger partial charge in [-0.05, 0) is 70.3 Å². The number of aromatic nitrogens is 5. The molecular formula is C26H31ClN8O3S2. The van der Waals surface area contributed by atoms with Gasteiger partial charge in [0.25, 0.3) is 0 Å². The van der Waals surface area contributed by atoms with E-state index in [9.17, 15) is 9.59 Å². The van der Waals surface area contributed by atoms with Gasteiger partial charge in [-0.1, -0.05) is 17.7 Å². The second-order valence-corrected chi connectivity index (χ2v) is 13.4. The van der Waals surface area contributed by atoms with Crippen LogP contribution in [0.5, 0.6) is 0 Å². The van der Waals surface area contributed by atoms with E-state index in [0.29, 0.717) is 41.6 Å². The summed E-state index contributed by atoms with van der Waals surface area (Å²) < 4.78 is 9.10. The van der Waals surface area contributed by atoms with Crippen LogP contribution in [0.15, 0.2) is 34.0 Å². The molecule has 1 aliphatic rings. The first-order valence-corrected chi connectivity index (χ1v) is 15.0. The maximum absolute atomic E-state index is 13.0. The first kappa shape index (κ1) is 28.4. The van der Waals surface area contributed by atoms with Gasteiger partial charge in [-0.3, -0.25) is 4.79 Å². The van der Waals surface area contributed by atoms with Gasteiger partial charge >= 0.3 is 6.09 Å². The summed E-state index contributed by atoms with van der Waals surface area (Å²) in [5.41, 5.74) is 7.58. The molecule has 0 spiro atoms. The molecule has 2 amide bonds. The van der Waals surface area contributed by atoms with E-state index in [0.717, 1.165) is 32.6 Å². The standard InChI is InChI=1S/C26H31ClN8O3S2/c1-14(31-24(37)38-26(2,3)4)22(36)34-10-8-15(9-11-34)12-35-21-18(20(28)29-13-30-21)33-23(35)40-25-32-17-7-5-6-16(27)19(17)39-25/h5-7,13-15H,8-12H2,1-4H3,(H,31,37)(H2,28,29,30)/t14-/m1/s1. The minimum absolute atomic E-state index is 0.122. The number of imidazole rings is 1. The lowest BCUT2D eigenvalue weighted by Crippen LogP contribution is -2.50. The van der Waals surface area contributed by atoms with E-state index in [-0.39, 0.29) is 11.8 Å². The molecule has 1 aromatic carbocycles. The fourth-order valence-electron chi connectivity index (χ4n) is 4.61. The highest BCUT2D eigenvalue weighted by Gasteiger charge is 2.29. The number of carbonyl (C=O) groups excluding carboxylic acids is 2. The number of hydrogen-bond donors (Lipinski definition) is 2. The zero-order chi connectivity index (χ0) is 28.6. The Labute approximate surface area is 244 Å². The Balaban J connectivity index is 1.28. The Kier molecular flexibility index (Phi) is 8.07. The van der Waals surface area contributed by atoms with Crippen LogP contribution >= 0.6 is 34.7 Å². The van der Waals surface area contributed by atoms with Gasteiger partial charge in [-0.25, -0.2) is 24.7 Å². The number of halogens is 1. The molecule has 1 aliphatic heterocycles. The molecule has 0 saturated carbocycles. The molecule has 212 valence electrons. The third kappa shape index (κ3) is 6.26. The van der Waals surface area contributed by atoms with Crippen LogP contribution in [-0.4, -0.2) is 66.1 Å². The Bertz CT molecular complexity index is 1560. The van der Waals surface area contributed by atoms with E-state index in [1.165, 1.54) is 29.4 Å². The molecule has 0 aliphatic carbocycles. The van der Waals surface area contributed by atoms with Crippen molar-refractivity contribution in [1.29, 1.82) is 0 Å². The molecule has 0 radical (unpaired) electrons. The van der Waals surface area contributed by atoms with Crippen LogP contribution in [0.2, 0.25) is 5.02 Å². The number of benzene rings is 1. The second kappa shape index (κ2) is 11.4. The van der Waals surface area contributed by atoms with E-state index in [4.69, 9.17) is 32.0 Å². The number of nitrogen functional groups attached to an aromatic ring is 1. The van der Waals surface area contributed by atoms with E-state index in [1.807, 2.05) is 18.2 Å². The summed E-state index contributed by atoms with van der Waals surface area (Å²) in [6.07, 6.45) is 2.44. The number of ether oxygens (including phenoxy) is 1. The van der Waals surface area contributed by atoms with Gasteiger partial charge < -0.3 is 25.3 Å². The molecule has 1 atom stereocenters. The number of rotatable bonds is 6. The number of nitrogens with one attached hydrogen (secondary N) is 1. The van der Waals surface area contributed by atoms with Gasteiger partial charge in [0.1, 0.15) is 18.0 Å². The Hall–Kier alpha value is -3.16. The van der Waals surface area contributed by atoms with Gasteiger partial charge in [-0.15, -0.1) is 11.3 Å². The molecule has 1 saturated heterocycles. The second-order valence-electron chi connectivity index (χ2n) is 10.7. The van der Waals surface area contributed by atoms with Gasteiger partial charge in [0.05, 0.1) is 15.2 Å². The predicted octanol–water partition coefficient (Wildman–Crippen LogP) is 4.97. The van der Waals surface area contributed by atoms with Crippen molar-refractivity contribution >= 4 is 73.9 Å². The SMILES string of the molecule is C[C@@H](NC(=O)OC(C)(C)C)C(=O)N1CCC(Cn2c(Sc3nc4cccc(Cl)c4s3)nc3c(N)ncnc32)CC1.